The molecular formula is C31H36F3N3O3. The first-order valence-corrected chi connectivity index (χ1v) is 13.5. The molecule has 2 atom stereocenters. The van der Waals surface area contributed by atoms with Crippen LogP contribution in [0, 0.1) is 0 Å². The van der Waals surface area contributed by atoms with Gasteiger partial charge in [-0.15, -0.1) is 0 Å². The number of halogens is 3. The number of hydrogen-bond donors (Lipinski definition) is 1. The molecule has 1 fully saturated rings. The van der Waals surface area contributed by atoms with Crippen molar-refractivity contribution in [3.05, 3.63) is 89.7 Å². The van der Waals surface area contributed by atoms with E-state index in [1.807, 2.05) is 50.2 Å². The zero-order chi connectivity index (χ0) is 28.9. The highest BCUT2D eigenvalue weighted by atomic mass is 19.4. The van der Waals surface area contributed by atoms with E-state index in [9.17, 15) is 23.1 Å². The Labute approximate surface area is 233 Å². The second-order valence-electron chi connectivity index (χ2n) is 10.8. The molecule has 1 N–H and O–H groups in total. The van der Waals surface area contributed by atoms with E-state index in [1.54, 1.807) is 24.5 Å². The molecule has 9 heteroatoms. The van der Waals surface area contributed by atoms with Crippen molar-refractivity contribution in [1.82, 2.24) is 14.8 Å². The molecule has 1 aliphatic heterocycles. The number of benzene rings is 2. The molecule has 1 aromatic heterocycles. The number of rotatable bonds is 9. The Hall–Kier alpha value is -3.27. The maximum atomic E-state index is 13.2. The van der Waals surface area contributed by atoms with Gasteiger partial charge in [-0.3, -0.25) is 19.6 Å². The van der Waals surface area contributed by atoms with Gasteiger partial charge in [0.15, 0.2) is 5.60 Å². The minimum absolute atomic E-state index is 0.00418. The van der Waals surface area contributed by atoms with Crippen molar-refractivity contribution in [3.63, 3.8) is 0 Å². The van der Waals surface area contributed by atoms with E-state index in [-0.39, 0.29) is 23.7 Å². The summed E-state index contributed by atoms with van der Waals surface area (Å²) in [6, 6.07) is 17.7. The van der Waals surface area contributed by atoms with Crippen LogP contribution in [0.2, 0.25) is 0 Å². The van der Waals surface area contributed by atoms with Crippen molar-refractivity contribution >= 4 is 5.97 Å². The van der Waals surface area contributed by atoms with Gasteiger partial charge in [0.05, 0.1) is 12.5 Å². The number of aliphatic hydroxyl groups is 1. The number of aromatic nitrogens is 1. The number of carbonyl (C=O) groups excluding carboxylic acids is 1. The third kappa shape index (κ3) is 7.47. The highest BCUT2D eigenvalue weighted by molar-refractivity contribution is 5.70. The molecule has 1 aliphatic rings. The van der Waals surface area contributed by atoms with Crippen LogP contribution in [0.25, 0.3) is 11.1 Å². The second kappa shape index (κ2) is 12.5. The topological polar surface area (TPSA) is 65.9 Å². The molecule has 0 aliphatic carbocycles. The number of piperazine rings is 1. The minimum Gasteiger partial charge on any atom is -0.463 e. The van der Waals surface area contributed by atoms with Crippen LogP contribution >= 0.6 is 0 Å². The quantitative estimate of drug-likeness (QED) is 0.350. The fraction of sp³-hybridized carbons (Fsp3) is 0.419. The summed E-state index contributed by atoms with van der Waals surface area (Å²) in [6.45, 7) is 8.30. The molecule has 2 aromatic carbocycles. The van der Waals surface area contributed by atoms with E-state index >= 15 is 0 Å². The van der Waals surface area contributed by atoms with Gasteiger partial charge in [-0.05, 0) is 60.7 Å². The maximum Gasteiger partial charge on any atom is 0.421 e. The van der Waals surface area contributed by atoms with Gasteiger partial charge in [0.2, 0.25) is 0 Å². The van der Waals surface area contributed by atoms with Gasteiger partial charge >= 0.3 is 12.1 Å². The zero-order valence-electron chi connectivity index (χ0n) is 23.1. The maximum absolute atomic E-state index is 13.2. The highest BCUT2D eigenvalue weighted by Crippen LogP contribution is 2.39. The van der Waals surface area contributed by atoms with Crippen LogP contribution in [0.5, 0.6) is 0 Å². The van der Waals surface area contributed by atoms with Crippen molar-refractivity contribution in [2.75, 3.05) is 19.6 Å². The van der Waals surface area contributed by atoms with Crippen molar-refractivity contribution in [2.45, 2.75) is 64.2 Å². The lowest BCUT2D eigenvalue weighted by atomic mass is 9.93. The molecular weight excluding hydrogens is 519 g/mol. The Morgan fingerprint density at radius 1 is 0.950 bits per heavy atom. The zero-order valence-corrected chi connectivity index (χ0v) is 23.1. The summed E-state index contributed by atoms with van der Waals surface area (Å²) in [6.07, 6.45) is -1.06. The molecule has 6 nitrogen and oxygen atoms in total. The molecule has 0 bridgehead atoms. The first-order valence-electron chi connectivity index (χ1n) is 13.5. The minimum atomic E-state index is -4.76. The highest BCUT2D eigenvalue weighted by Gasteiger charge is 2.51. The van der Waals surface area contributed by atoms with Gasteiger partial charge in [0, 0.05) is 51.2 Å². The van der Waals surface area contributed by atoms with Crippen molar-refractivity contribution in [1.29, 1.82) is 0 Å². The molecule has 0 amide bonds. The molecule has 40 heavy (non-hydrogen) atoms. The van der Waals surface area contributed by atoms with Gasteiger partial charge in [0.1, 0.15) is 0 Å². The predicted octanol–water partition coefficient (Wildman–Crippen LogP) is 5.55. The van der Waals surface area contributed by atoms with Gasteiger partial charge < -0.3 is 9.84 Å². The van der Waals surface area contributed by atoms with E-state index in [4.69, 9.17) is 4.74 Å². The summed E-state index contributed by atoms with van der Waals surface area (Å²) >= 11 is 0. The van der Waals surface area contributed by atoms with Crippen LogP contribution in [0.3, 0.4) is 0 Å². The number of nitrogens with zero attached hydrogens (tertiary/aromatic N) is 3. The summed E-state index contributed by atoms with van der Waals surface area (Å²) in [5, 5.41) is 9.92. The largest absolute Gasteiger partial charge is 0.463 e. The summed E-state index contributed by atoms with van der Waals surface area (Å²) in [5.41, 5.74) is 0.761. The number of hydrogen-bond acceptors (Lipinski definition) is 6. The Bertz CT molecular complexity index is 1250. The van der Waals surface area contributed by atoms with Crippen molar-refractivity contribution in [3.8, 4) is 11.1 Å². The number of esters is 1. The predicted molar refractivity (Wildman–Crippen MR) is 147 cm³/mol. The fourth-order valence-corrected chi connectivity index (χ4v) is 4.94. The SMILES string of the molecule is CC(C)OC(=O)C[C@H]1CN(Cc2ccncc2)CCN1Cc1ccc(-c2ccc(C(C)(O)C(F)(F)F)cc2)cc1. The van der Waals surface area contributed by atoms with Crippen LogP contribution in [-0.2, 0) is 28.2 Å². The first-order chi connectivity index (χ1) is 18.9. The van der Waals surface area contributed by atoms with Crippen LogP contribution in [0.15, 0.2) is 73.1 Å². The smallest absolute Gasteiger partial charge is 0.421 e. The Morgan fingerprint density at radius 3 is 2.10 bits per heavy atom. The summed E-state index contributed by atoms with van der Waals surface area (Å²) in [5.74, 6) is -0.209. The number of ether oxygens (including phenoxy) is 1. The summed E-state index contributed by atoms with van der Waals surface area (Å²) in [7, 11) is 0. The second-order valence-corrected chi connectivity index (χ2v) is 10.8. The number of carbonyl (C=O) groups is 1. The summed E-state index contributed by atoms with van der Waals surface area (Å²) < 4.78 is 44.9. The molecule has 3 aromatic rings. The molecule has 1 unspecified atom stereocenters. The Morgan fingerprint density at radius 2 is 1.52 bits per heavy atom. The van der Waals surface area contributed by atoms with E-state index in [1.165, 1.54) is 17.7 Å². The number of pyridine rings is 1. The normalized spacial score (nSPS) is 18.4. The third-order valence-corrected chi connectivity index (χ3v) is 7.29. The third-order valence-electron chi connectivity index (χ3n) is 7.29. The van der Waals surface area contributed by atoms with E-state index in [0.29, 0.717) is 13.0 Å². The summed E-state index contributed by atoms with van der Waals surface area (Å²) in [4.78, 5) is 21.3. The van der Waals surface area contributed by atoms with Crippen LogP contribution < -0.4 is 0 Å². The lowest BCUT2D eigenvalue weighted by molar-refractivity contribution is -0.258. The molecule has 0 saturated carbocycles. The lowest BCUT2D eigenvalue weighted by Gasteiger charge is -2.41. The first kappa shape index (κ1) is 29.7. The number of alkyl halides is 3. The average Bonchev–Trinajstić information content (AvgIpc) is 2.90. The lowest BCUT2D eigenvalue weighted by Crippen LogP contribution is -2.53. The molecule has 4 rings (SSSR count). The van der Waals surface area contributed by atoms with Gasteiger partial charge in [-0.25, -0.2) is 0 Å². The van der Waals surface area contributed by atoms with E-state index < -0.39 is 11.8 Å². The Kier molecular flexibility index (Phi) is 9.28. The van der Waals surface area contributed by atoms with Crippen LogP contribution in [0.1, 0.15) is 43.9 Å². The average molecular weight is 556 g/mol. The van der Waals surface area contributed by atoms with E-state index in [2.05, 4.69) is 14.8 Å². The monoisotopic (exact) mass is 555 g/mol. The van der Waals surface area contributed by atoms with Crippen molar-refractivity contribution in [2.24, 2.45) is 0 Å². The van der Waals surface area contributed by atoms with Gasteiger partial charge in [0.25, 0.3) is 0 Å². The van der Waals surface area contributed by atoms with E-state index in [0.717, 1.165) is 49.8 Å². The molecule has 1 saturated heterocycles. The molecule has 214 valence electrons. The van der Waals surface area contributed by atoms with Crippen molar-refractivity contribution < 1.29 is 27.8 Å². The standard InChI is InChI=1S/C31H36F3N3O3/c1-22(2)40-29(38)18-28-21-36(19-24-12-14-35-15-13-24)16-17-37(28)20-23-4-6-25(7-5-23)26-8-10-27(11-9-26)30(3,39)31(32,33)34/h4-15,22,28,39H,16-21H2,1-3H3/t28-,30?/m0/s1. The molecule has 0 radical (unpaired) electrons. The molecule has 0 spiro atoms. The molecule has 2 heterocycles. The van der Waals surface area contributed by atoms with Gasteiger partial charge in [-0.1, -0.05) is 48.5 Å². The van der Waals surface area contributed by atoms with Crippen LogP contribution in [-0.4, -0.2) is 63.8 Å². The Balaban J connectivity index is 1.44. The van der Waals surface area contributed by atoms with Gasteiger partial charge in [-0.2, -0.15) is 13.2 Å². The fourth-order valence-electron chi connectivity index (χ4n) is 4.94. The van der Waals surface area contributed by atoms with Crippen LogP contribution in [0.4, 0.5) is 13.2 Å².